The van der Waals surface area contributed by atoms with Gasteiger partial charge in [-0.3, -0.25) is 18.6 Å². The SMILES string of the molecule is CCCCC/C=C\C/C=C\C/C=C\CCCCC(=O)O[C@H](COC(=O)CCCCCCCCC/C=C\CCCCCCCC)COP(=O)(O)OCCN. The molecule has 0 amide bonds. The standard InChI is InChI=1S/C43H78NO8P/c1-3-5-7-9-11-13-15-17-19-20-22-23-25-27-29-31-33-35-42(45)49-39-41(40-51-53(47,48)50-38-37-44)52-43(46)36-34-32-30-28-26-24-21-18-16-14-12-10-8-6-4-2/h12,14,17-19,21,26,28,41H,3-11,13,15-16,20,22-25,27,29-40,44H2,1-2H3,(H,47,48)/b14-12-,19-17-,21-18-,28-26-/t41-/m1/s1. The molecule has 308 valence electrons. The number of hydrogen-bond acceptors (Lipinski definition) is 8. The normalized spacial score (nSPS) is 13.8. The summed E-state index contributed by atoms with van der Waals surface area (Å²) in [6, 6.07) is 0. The first-order valence-corrected chi connectivity index (χ1v) is 22.6. The molecule has 0 saturated heterocycles. The largest absolute Gasteiger partial charge is 0.472 e. The monoisotopic (exact) mass is 768 g/mol. The second-order valence-corrected chi connectivity index (χ2v) is 15.3. The topological polar surface area (TPSA) is 134 Å². The average Bonchev–Trinajstić information content (AvgIpc) is 3.14. The van der Waals surface area contributed by atoms with Crippen molar-refractivity contribution in [1.82, 2.24) is 0 Å². The van der Waals surface area contributed by atoms with Crippen molar-refractivity contribution in [3.8, 4) is 0 Å². The highest BCUT2D eigenvalue weighted by atomic mass is 31.2. The van der Waals surface area contributed by atoms with E-state index in [0.717, 1.165) is 64.2 Å². The molecule has 0 saturated carbocycles. The van der Waals surface area contributed by atoms with Crippen molar-refractivity contribution < 1.29 is 37.6 Å². The Balaban J connectivity index is 4.23. The molecule has 0 fully saturated rings. The summed E-state index contributed by atoms with van der Waals surface area (Å²) in [4.78, 5) is 34.8. The van der Waals surface area contributed by atoms with Crippen molar-refractivity contribution in [1.29, 1.82) is 0 Å². The summed E-state index contributed by atoms with van der Waals surface area (Å²) < 4.78 is 32.7. The van der Waals surface area contributed by atoms with Gasteiger partial charge in [-0.15, -0.1) is 0 Å². The van der Waals surface area contributed by atoms with Crippen LogP contribution >= 0.6 is 7.82 Å². The van der Waals surface area contributed by atoms with Gasteiger partial charge in [0.1, 0.15) is 6.61 Å². The molecule has 53 heavy (non-hydrogen) atoms. The summed E-state index contributed by atoms with van der Waals surface area (Å²) in [5.74, 6) is -0.880. The molecule has 0 aromatic heterocycles. The lowest BCUT2D eigenvalue weighted by Crippen LogP contribution is -2.29. The highest BCUT2D eigenvalue weighted by molar-refractivity contribution is 7.47. The van der Waals surface area contributed by atoms with Crippen LogP contribution in [0.4, 0.5) is 0 Å². The molecule has 1 unspecified atom stereocenters. The number of ether oxygens (including phenoxy) is 2. The number of phosphoric acid groups is 1. The molecule has 3 N–H and O–H groups in total. The molecule has 0 spiro atoms. The Morgan fingerprint density at radius 1 is 0.566 bits per heavy atom. The maximum absolute atomic E-state index is 12.5. The third-order valence-corrected chi connectivity index (χ3v) is 9.67. The first kappa shape index (κ1) is 51.0. The number of phosphoric ester groups is 1. The van der Waals surface area contributed by atoms with Crippen molar-refractivity contribution >= 4 is 19.8 Å². The van der Waals surface area contributed by atoms with Gasteiger partial charge in [-0.1, -0.05) is 140 Å². The third-order valence-electron chi connectivity index (χ3n) is 8.69. The van der Waals surface area contributed by atoms with E-state index in [9.17, 15) is 19.0 Å². The molecular weight excluding hydrogens is 689 g/mol. The van der Waals surface area contributed by atoms with Crippen LogP contribution < -0.4 is 5.73 Å². The van der Waals surface area contributed by atoms with Crippen LogP contribution in [0.2, 0.25) is 0 Å². The fourth-order valence-electron chi connectivity index (χ4n) is 5.52. The zero-order valence-electron chi connectivity index (χ0n) is 33.7. The van der Waals surface area contributed by atoms with Gasteiger partial charge in [-0.05, 0) is 77.0 Å². The molecule has 0 bridgehead atoms. The summed E-state index contributed by atoms with van der Waals surface area (Å²) in [5, 5.41) is 0. The van der Waals surface area contributed by atoms with E-state index in [0.29, 0.717) is 6.42 Å². The molecule has 0 aliphatic rings. The van der Waals surface area contributed by atoms with Gasteiger partial charge < -0.3 is 20.1 Å². The van der Waals surface area contributed by atoms with E-state index < -0.39 is 32.5 Å². The van der Waals surface area contributed by atoms with Crippen LogP contribution in [-0.4, -0.2) is 49.3 Å². The van der Waals surface area contributed by atoms with Gasteiger partial charge in [0.2, 0.25) is 0 Å². The smallest absolute Gasteiger partial charge is 0.462 e. The maximum Gasteiger partial charge on any atom is 0.472 e. The van der Waals surface area contributed by atoms with Crippen LogP contribution in [0.25, 0.3) is 0 Å². The first-order valence-electron chi connectivity index (χ1n) is 21.1. The molecule has 0 aromatic carbocycles. The van der Waals surface area contributed by atoms with E-state index in [4.69, 9.17) is 24.3 Å². The summed E-state index contributed by atoms with van der Waals surface area (Å²) in [6.45, 7) is 3.64. The summed E-state index contributed by atoms with van der Waals surface area (Å²) in [5.41, 5.74) is 5.34. The van der Waals surface area contributed by atoms with E-state index in [1.54, 1.807) is 0 Å². The van der Waals surface area contributed by atoms with E-state index >= 15 is 0 Å². The number of allylic oxidation sites excluding steroid dienone is 8. The lowest BCUT2D eigenvalue weighted by atomic mass is 10.1. The second kappa shape index (κ2) is 39.7. The molecule has 9 nitrogen and oxygen atoms in total. The summed E-state index contributed by atoms with van der Waals surface area (Å²) >= 11 is 0. The molecule has 2 atom stereocenters. The quantitative estimate of drug-likeness (QED) is 0.0271. The van der Waals surface area contributed by atoms with Crippen LogP contribution in [0.5, 0.6) is 0 Å². The Morgan fingerprint density at radius 3 is 1.55 bits per heavy atom. The number of unbranched alkanes of at least 4 members (excludes halogenated alkanes) is 18. The van der Waals surface area contributed by atoms with Crippen LogP contribution in [0, 0.1) is 0 Å². The minimum Gasteiger partial charge on any atom is -0.462 e. The van der Waals surface area contributed by atoms with Gasteiger partial charge in [-0.25, -0.2) is 4.57 Å². The number of rotatable bonds is 39. The lowest BCUT2D eigenvalue weighted by Gasteiger charge is -2.19. The lowest BCUT2D eigenvalue weighted by molar-refractivity contribution is -0.161. The fourth-order valence-corrected chi connectivity index (χ4v) is 6.28. The zero-order valence-corrected chi connectivity index (χ0v) is 34.6. The van der Waals surface area contributed by atoms with Crippen molar-refractivity contribution in [3.05, 3.63) is 48.6 Å². The fraction of sp³-hybridized carbons (Fsp3) is 0.767. The second-order valence-electron chi connectivity index (χ2n) is 13.8. The number of hydrogen-bond donors (Lipinski definition) is 2. The predicted octanol–water partition coefficient (Wildman–Crippen LogP) is 11.9. The minimum absolute atomic E-state index is 0.0453. The summed E-state index contributed by atoms with van der Waals surface area (Å²) in [7, 11) is -4.39. The van der Waals surface area contributed by atoms with E-state index in [2.05, 4.69) is 62.5 Å². The minimum atomic E-state index is -4.39. The van der Waals surface area contributed by atoms with Gasteiger partial charge in [0.15, 0.2) is 6.10 Å². The molecule has 0 aliphatic heterocycles. The maximum atomic E-state index is 12.5. The number of esters is 2. The van der Waals surface area contributed by atoms with Crippen LogP contribution in [-0.2, 0) is 32.7 Å². The molecule has 0 heterocycles. The highest BCUT2D eigenvalue weighted by Gasteiger charge is 2.25. The predicted molar refractivity (Wildman–Crippen MR) is 220 cm³/mol. The Kier molecular flexibility index (Phi) is 38.1. The molecule has 0 radical (unpaired) electrons. The molecular formula is C43H78NO8P. The zero-order chi connectivity index (χ0) is 38.9. The van der Waals surface area contributed by atoms with Crippen molar-refractivity contribution in [2.75, 3.05) is 26.4 Å². The van der Waals surface area contributed by atoms with Crippen molar-refractivity contribution in [2.45, 2.75) is 187 Å². The molecule has 0 aliphatic carbocycles. The van der Waals surface area contributed by atoms with Crippen LogP contribution in [0.1, 0.15) is 181 Å². The Labute approximate surface area is 324 Å². The first-order chi connectivity index (χ1) is 25.8. The van der Waals surface area contributed by atoms with Gasteiger partial charge in [0.05, 0.1) is 13.2 Å². The molecule has 0 rings (SSSR count). The molecule has 10 heteroatoms. The average molecular weight is 768 g/mol. The van der Waals surface area contributed by atoms with Gasteiger partial charge >= 0.3 is 19.8 Å². The highest BCUT2D eigenvalue weighted by Crippen LogP contribution is 2.43. The van der Waals surface area contributed by atoms with Gasteiger partial charge in [0, 0.05) is 19.4 Å². The number of carbonyl (C=O) groups is 2. The Morgan fingerprint density at radius 2 is 0.981 bits per heavy atom. The van der Waals surface area contributed by atoms with Gasteiger partial charge in [0.25, 0.3) is 0 Å². The third kappa shape index (κ3) is 39.5. The van der Waals surface area contributed by atoms with Crippen molar-refractivity contribution in [3.63, 3.8) is 0 Å². The van der Waals surface area contributed by atoms with Crippen molar-refractivity contribution in [2.24, 2.45) is 5.73 Å². The van der Waals surface area contributed by atoms with E-state index in [-0.39, 0.29) is 32.6 Å². The van der Waals surface area contributed by atoms with E-state index in [1.165, 1.54) is 83.5 Å². The number of nitrogens with two attached hydrogens (primary N) is 1. The Bertz CT molecular complexity index is 1010. The van der Waals surface area contributed by atoms with Gasteiger partial charge in [-0.2, -0.15) is 0 Å². The van der Waals surface area contributed by atoms with Crippen LogP contribution in [0.3, 0.4) is 0 Å². The Hall–Kier alpha value is -2.03. The van der Waals surface area contributed by atoms with Crippen LogP contribution in [0.15, 0.2) is 48.6 Å². The summed E-state index contributed by atoms with van der Waals surface area (Å²) in [6.07, 6.45) is 44.3. The number of carbonyl (C=O) groups excluding carboxylic acids is 2. The van der Waals surface area contributed by atoms with E-state index in [1.807, 2.05) is 0 Å². The molecule has 0 aromatic rings.